The van der Waals surface area contributed by atoms with Crippen molar-refractivity contribution in [3.8, 4) is 11.6 Å². The summed E-state index contributed by atoms with van der Waals surface area (Å²) in [4.78, 5) is 37.4. The second kappa shape index (κ2) is 9.76. The van der Waals surface area contributed by atoms with Crippen LogP contribution in [0.25, 0.3) is 5.69 Å². The summed E-state index contributed by atoms with van der Waals surface area (Å²) >= 11 is 12.5. The third-order valence-electron chi connectivity index (χ3n) is 6.47. The highest BCUT2D eigenvalue weighted by molar-refractivity contribution is 6.32. The second-order valence-electron chi connectivity index (χ2n) is 9.12. The summed E-state index contributed by atoms with van der Waals surface area (Å²) in [6.07, 6.45) is 5.61. The molecular weight excluding hydrogens is 513 g/mol. The van der Waals surface area contributed by atoms with Crippen LogP contribution in [0.15, 0.2) is 53.3 Å². The fourth-order valence-corrected chi connectivity index (χ4v) is 5.11. The molecule has 10 heteroatoms. The topological polar surface area (TPSA) is 90.2 Å². The maximum atomic E-state index is 14.0. The predicted molar refractivity (Wildman–Crippen MR) is 140 cm³/mol. The van der Waals surface area contributed by atoms with Crippen LogP contribution in [0, 0.1) is 0 Å². The molecule has 8 nitrogen and oxygen atoms in total. The van der Waals surface area contributed by atoms with E-state index in [1.165, 1.54) is 4.90 Å². The molecule has 5 rings (SSSR count). The lowest BCUT2D eigenvalue weighted by atomic mass is 9.94. The van der Waals surface area contributed by atoms with Gasteiger partial charge in [-0.15, -0.1) is 0 Å². The van der Waals surface area contributed by atoms with Crippen molar-refractivity contribution in [1.82, 2.24) is 24.6 Å². The Bertz CT molecular complexity index is 1470. The number of hydrogen-bond donors (Lipinski definition) is 0. The number of Topliss-reactive ketones (excluding diaryl/α,β-unsaturated/α-hetero) is 1. The predicted octanol–water partition coefficient (Wildman–Crippen LogP) is 5.53. The highest BCUT2D eigenvalue weighted by Crippen LogP contribution is 2.46. The van der Waals surface area contributed by atoms with E-state index in [0.29, 0.717) is 39.4 Å². The third-order valence-corrected chi connectivity index (χ3v) is 6.99. The van der Waals surface area contributed by atoms with Crippen LogP contribution in [0.4, 0.5) is 0 Å². The van der Waals surface area contributed by atoms with Gasteiger partial charge in [-0.3, -0.25) is 14.5 Å². The summed E-state index contributed by atoms with van der Waals surface area (Å²) < 4.78 is 7.27. The number of amides is 1. The molecule has 3 heterocycles. The van der Waals surface area contributed by atoms with Gasteiger partial charge in [0, 0.05) is 28.5 Å². The minimum atomic E-state index is -0.606. The highest BCUT2D eigenvalue weighted by Gasteiger charge is 2.47. The molecular formula is C27H25Cl2N5O3. The monoisotopic (exact) mass is 537 g/mol. The number of ether oxygens (including phenoxy) is 1. The molecule has 2 aromatic heterocycles. The van der Waals surface area contributed by atoms with E-state index in [9.17, 15) is 9.59 Å². The zero-order valence-electron chi connectivity index (χ0n) is 20.8. The Hall–Kier alpha value is -3.49. The van der Waals surface area contributed by atoms with Crippen LogP contribution in [-0.4, -0.2) is 43.4 Å². The molecule has 0 fully saturated rings. The summed E-state index contributed by atoms with van der Waals surface area (Å²) in [6.45, 7) is 6.01. The van der Waals surface area contributed by atoms with Crippen molar-refractivity contribution in [3.05, 3.63) is 86.7 Å². The van der Waals surface area contributed by atoms with Gasteiger partial charge in [0.1, 0.15) is 11.5 Å². The van der Waals surface area contributed by atoms with E-state index in [0.717, 1.165) is 11.3 Å². The number of fused-ring (bicyclic) bond motifs is 1. The molecule has 1 unspecified atom stereocenters. The van der Waals surface area contributed by atoms with Crippen molar-refractivity contribution < 1.29 is 14.3 Å². The first kappa shape index (κ1) is 25.2. The fraction of sp³-hybridized carbons (Fsp3) is 0.296. The van der Waals surface area contributed by atoms with Gasteiger partial charge in [0.2, 0.25) is 5.88 Å². The number of rotatable bonds is 6. The number of halogens is 2. The molecule has 0 saturated heterocycles. The van der Waals surface area contributed by atoms with Crippen molar-refractivity contribution in [1.29, 1.82) is 0 Å². The molecule has 0 bridgehead atoms. The van der Waals surface area contributed by atoms with Gasteiger partial charge in [-0.25, -0.2) is 9.67 Å². The van der Waals surface area contributed by atoms with Crippen LogP contribution < -0.4 is 4.74 Å². The van der Waals surface area contributed by atoms with E-state index < -0.39 is 6.04 Å². The number of allylic oxidation sites excluding steroid dienone is 4. The first-order valence-corrected chi connectivity index (χ1v) is 12.7. The van der Waals surface area contributed by atoms with E-state index in [2.05, 4.69) is 9.97 Å². The quantitative estimate of drug-likeness (QED) is 0.410. The van der Waals surface area contributed by atoms with Gasteiger partial charge < -0.3 is 4.74 Å². The van der Waals surface area contributed by atoms with Crippen LogP contribution in [0.5, 0.6) is 5.88 Å². The number of benzene rings is 1. The van der Waals surface area contributed by atoms with Gasteiger partial charge in [0.25, 0.3) is 5.91 Å². The van der Waals surface area contributed by atoms with Crippen molar-refractivity contribution in [3.63, 3.8) is 0 Å². The van der Waals surface area contributed by atoms with Gasteiger partial charge in [-0.05, 0) is 29.7 Å². The number of nitrogens with zero attached hydrogens (tertiary/aromatic N) is 5. The summed E-state index contributed by atoms with van der Waals surface area (Å²) in [6, 6.07) is 6.64. The van der Waals surface area contributed by atoms with E-state index >= 15 is 0 Å². The van der Waals surface area contributed by atoms with Crippen LogP contribution >= 0.6 is 23.2 Å². The molecule has 2 aliphatic rings. The maximum absolute atomic E-state index is 14.0. The fourth-order valence-electron chi connectivity index (χ4n) is 4.81. The zero-order valence-corrected chi connectivity index (χ0v) is 22.3. The van der Waals surface area contributed by atoms with Gasteiger partial charge in [-0.1, -0.05) is 62.2 Å². The van der Waals surface area contributed by atoms with Crippen LogP contribution in [0.3, 0.4) is 0 Å². The number of carbonyl (C=O) groups is 2. The lowest BCUT2D eigenvalue weighted by Gasteiger charge is -2.30. The maximum Gasteiger partial charge on any atom is 0.280 e. The molecule has 0 spiro atoms. The number of methoxy groups -OCH3 is 1. The average molecular weight is 538 g/mol. The van der Waals surface area contributed by atoms with Crippen molar-refractivity contribution in [2.75, 3.05) is 7.11 Å². The Balaban J connectivity index is 1.77. The lowest BCUT2D eigenvalue weighted by Crippen LogP contribution is -2.33. The minimum Gasteiger partial charge on any atom is -0.479 e. The smallest absolute Gasteiger partial charge is 0.280 e. The molecule has 190 valence electrons. The number of aromatic nitrogens is 4. The van der Waals surface area contributed by atoms with Crippen LogP contribution in [0.2, 0.25) is 5.02 Å². The van der Waals surface area contributed by atoms with Crippen molar-refractivity contribution in [2.45, 2.75) is 45.6 Å². The molecule has 0 N–H and O–H groups in total. The van der Waals surface area contributed by atoms with Crippen molar-refractivity contribution in [2.24, 2.45) is 0 Å². The largest absolute Gasteiger partial charge is 0.479 e. The summed E-state index contributed by atoms with van der Waals surface area (Å²) in [5, 5.41) is 5.74. The highest BCUT2D eigenvalue weighted by atomic mass is 35.5. The van der Waals surface area contributed by atoms with Gasteiger partial charge in [0.15, 0.2) is 11.5 Å². The van der Waals surface area contributed by atoms with Crippen LogP contribution in [-0.2, 0) is 11.2 Å². The Morgan fingerprint density at radius 2 is 1.89 bits per heavy atom. The van der Waals surface area contributed by atoms with Crippen molar-refractivity contribution >= 4 is 34.9 Å². The molecule has 3 aromatic rings. The SMILES string of the molecule is CCc1ncc(-n2nc3c(c2C(C)C)C(c2ccc(Cl)cc2)N(C2=CC(Cl)=CCC2=O)C3=O)c(OC)n1. The number of hydrogen-bond acceptors (Lipinski definition) is 6. The number of carbonyl (C=O) groups excluding carboxylic acids is 2. The van der Waals surface area contributed by atoms with E-state index in [-0.39, 0.29) is 35.4 Å². The van der Waals surface area contributed by atoms with E-state index in [1.54, 1.807) is 42.3 Å². The third kappa shape index (κ3) is 4.24. The number of aryl methyl sites for hydroxylation is 1. The molecule has 1 aromatic carbocycles. The molecule has 0 radical (unpaired) electrons. The first-order valence-electron chi connectivity index (χ1n) is 12.0. The summed E-state index contributed by atoms with van der Waals surface area (Å²) in [7, 11) is 1.54. The zero-order chi connectivity index (χ0) is 26.4. The van der Waals surface area contributed by atoms with Gasteiger partial charge in [-0.2, -0.15) is 10.1 Å². The average Bonchev–Trinajstić information content (AvgIpc) is 3.40. The molecule has 1 atom stereocenters. The van der Waals surface area contributed by atoms with Gasteiger partial charge >= 0.3 is 0 Å². The van der Waals surface area contributed by atoms with E-state index in [4.69, 9.17) is 33.0 Å². The van der Waals surface area contributed by atoms with E-state index in [1.807, 2.05) is 32.9 Å². The standard InChI is InChI=1S/C27H25Cl2N5O3/c1-5-21-30-13-19(26(31-21)37-4)34-24(14(2)3)22-23(32-34)27(36)33(18-12-17(29)10-11-20(18)35)25(22)15-6-8-16(28)9-7-15/h6-10,12-14,25H,5,11H2,1-4H3. The molecule has 1 aliphatic carbocycles. The molecule has 37 heavy (non-hydrogen) atoms. The minimum absolute atomic E-state index is 0.0473. The Morgan fingerprint density at radius 1 is 1.16 bits per heavy atom. The number of ketones is 1. The lowest BCUT2D eigenvalue weighted by molar-refractivity contribution is -0.116. The molecule has 0 saturated carbocycles. The molecule has 1 aliphatic heterocycles. The Kier molecular flexibility index (Phi) is 6.64. The Morgan fingerprint density at radius 3 is 2.54 bits per heavy atom. The summed E-state index contributed by atoms with van der Waals surface area (Å²) in [5.41, 5.74) is 3.33. The summed E-state index contributed by atoms with van der Waals surface area (Å²) in [5.74, 6) is 0.385. The second-order valence-corrected chi connectivity index (χ2v) is 10.00. The normalized spacial score (nSPS) is 17.3. The Labute approximate surface area is 224 Å². The first-order chi connectivity index (χ1) is 17.7. The van der Waals surface area contributed by atoms with Gasteiger partial charge in [0.05, 0.1) is 30.7 Å². The van der Waals surface area contributed by atoms with Crippen LogP contribution in [0.1, 0.15) is 72.3 Å². The molecule has 1 amide bonds.